The van der Waals surface area contributed by atoms with Crippen LogP contribution in [0.25, 0.3) is 0 Å². The van der Waals surface area contributed by atoms with Crippen molar-refractivity contribution in [3.05, 3.63) is 35.9 Å². The maximum Gasteiger partial charge on any atom is 0.223 e. The minimum absolute atomic E-state index is 0.0659. The van der Waals surface area contributed by atoms with Crippen molar-refractivity contribution in [2.75, 3.05) is 6.54 Å². The minimum Gasteiger partial charge on any atom is -0.411 e. The van der Waals surface area contributed by atoms with Gasteiger partial charge < -0.3 is 10.1 Å². The summed E-state index contributed by atoms with van der Waals surface area (Å²) in [7, 11) is 0. The molecular formula is C14H18N2O2. The lowest BCUT2D eigenvalue weighted by Gasteiger charge is -2.16. The molecule has 1 aromatic carbocycles. The van der Waals surface area contributed by atoms with Crippen molar-refractivity contribution in [2.45, 2.75) is 26.3 Å². The van der Waals surface area contributed by atoms with Gasteiger partial charge in [-0.1, -0.05) is 42.4 Å². The Hall–Kier alpha value is -1.84. The number of carbonyl (C=O) groups excluding carboxylic acids is 1. The molecule has 4 nitrogen and oxygen atoms in total. The molecule has 1 fully saturated rings. The predicted octanol–water partition coefficient (Wildman–Crippen LogP) is 2.28. The van der Waals surface area contributed by atoms with E-state index >= 15 is 0 Å². The first-order valence-corrected chi connectivity index (χ1v) is 6.27. The van der Waals surface area contributed by atoms with Gasteiger partial charge in [0.2, 0.25) is 5.91 Å². The van der Waals surface area contributed by atoms with E-state index < -0.39 is 0 Å². The van der Waals surface area contributed by atoms with Crippen LogP contribution in [-0.2, 0) is 11.3 Å². The first-order valence-electron chi connectivity index (χ1n) is 6.27. The van der Waals surface area contributed by atoms with E-state index in [9.17, 15) is 4.79 Å². The van der Waals surface area contributed by atoms with Crippen LogP contribution < -0.4 is 0 Å². The van der Waals surface area contributed by atoms with E-state index in [1.54, 1.807) is 0 Å². The van der Waals surface area contributed by atoms with Gasteiger partial charge in [-0.25, -0.2) is 0 Å². The Morgan fingerprint density at radius 2 is 2.17 bits per heavy atom. The van der Waals surface area contributed by atoms with Gasteiger partial charge >= 0.3 is 0 Å². The second-order valence-corrected chi connectivity index (χ2v) is 4.61. The number of nitrogens with zero attached hydrogens (tertiary/aromatic N) is 2. The van der Waals surface area contributed by atoms with Gasteiger partial charge in [-0.05, 0) is 12.0 Å². The molecule has 0 spiro atoms. The first-order chi connectivity index (χ1) is 8.74. The highest BCUT2D eigenvalue weighted by atomic mass is 16.4. The Bertz CT molecular complexity index is 442. The van der Waals surface area contributed by atoms with Crippen LogP contribution in [0.15, 0.2) is 35.5 Å². The molecule has 1 aliphatic rings. The summed E-state index contributed by atoms with van der Waals surface area (Å²) in [5.41, 5.74) is 1.85. The van der Waals surface area contributed by atoms with E-state index in [2.05, 4.69) is 5.16 Å². The maximum atomic E-state index is 11.9. The normalized spacial score (nSPS) is 20.5. The average molecular weight is 246 g/mol. The first kappa shape index (κ1) is 12.6. The monoisotopic (exact) mass is 246 g/mol. The second kappa shape index (κ2) is 5.67. The summed E-state index contributed by atoms with van der Waals surface area (Å²) in [6.07, 6.45) is 1.15. The van der Waals surface area contributed by atoms with Crippen LogP contribution in [0, 0.1) is 5.92 Å². The van der Waals surface area contributed by atoms with Crippen molar-refractivity contribution in [2.24, 2.45) is 11.1 Å². The molecule has 18 heavy (non-hydrogen) atoms. The van der Waals surface area contributed by atoms with Crippen LogP contribution in [0.2, 0.25) is 0 Å². The number of hydrogen-bond acceptors (Lipinski definition) is 3. The molecule has 0 aliphatic carbocycles. The fourth-order valence-electron chi connectivity index (χ4n) is 2.39. The lowest BCUT2D eigenvalue weighted by Crippen LogP contribution is -2.25. The molecule has 1 saturated heterocycles. The smallest absolute Gasteiger partial charge is 0.223 e. The molecule has 0 saturated carbocycles. The molecule has 1 aliphatic heterocycles. The van der Waals surface area contributed by atoms with Crippen molar-refractivity contribution in [1.29, 1.82) is 0 Å². The Kier molecular flexibility index (Phi) is 3.97. The number of benzene rings is 1. The van der Waals surface area contributed by atoms with Crippen LogP contribution in [0.4, 0.5) is 0 Å². The van der Waals surface area contributed by atoms with E-state index in [-0.39, 0.29) is 11.8 Å². The minimum atomic E-state index is 0.0659. The fourth-order valence-corrected chi connectivity index (χ4v) is 2.39. The van der Waals surface area contributed by atoms with Crippen LogP contribution in [-0.4, -0.2) is 28.3 Å². The van der Waals surface area contributed by atoms with Crippen molar-refractivity contribution >= 4 is 11.6 Å². The van der Waals surface area contributed by atoms with Gasteiger partial charge in [0.25, 0.3) is 0 Å². The largest absolute Gasteiger partial charge is 0.411 e. The van der Waals surface area contributed by atoms with Gasteiger partial charge in [0.1, 0.15) is 0 Å². The Labute approximate surface area is 107 Å². The molecular weight excluding hydrogens is 228 g/mol. The third-order valence-electron chi connectivity index (χ3n) is 3.39. The number of likely N-dealkylation sites (tertiary alicyclic amines) is 1. The summed E-state index contributed by atoms with van der Waals surface area (Å²) >= 11 is 0. The van der Waals surface area contributed by atoms with E-state index in [0.29, 0.717) is 25.9 Å². The van der Waals surface area contributed by atoms with Crippen molar-refractivity contribution in [3.8, 4) is 0 Å². The quantitative estimate of drug-likeness (QED) is 0.503. The van der Waals surface area contributed by atoms with Crippen LogP contribution in [0.3, 0.4) is 0 Å². The molecule has 1 heterocycles. The highest BCUT2D eigenvalue weighted by molar-refractivity contribution is 5.93. The highest BCUT2D eigenvalue weighted by Gasteiger charge is 2.32. The zero-order valence-corrected chi connectivity index (χ0v) is 10.5. The predicted molar refractivity (Wildman–Crippen MR) is 69.5 cm³/mol. The van der Waals surface area contributed by atoms with Crippen molar-refractivity contribution in [3.63, 3.8) is 0 Å². The number of carbonyl (C=O) groups is 1. The standard InChI is InChI=1S/C14H18N2O2/c1-2-13(15-18)12-8-14(17)16(10-12)9-11-6-4-3-5-7-11/h3-7,12,18H,2,8-10H2,1H3/b15-13+. The van der Waals surface area contributed by atoms with Crippen molar-refractivity contribution in [1.82, 2.24) is 4.90 Å². The molecule has 1 N–H and O–H groups in total. The van der Waals surface area contributed by atoms with Crippen molar-refractivity contribution < 1.29 is 10.0 Å². The van der Waals surface area contributed by atoms with Crippen LogP contribution in [0.1, 0.15) is 25.3 Å². The molecule has 0 radical (unpaired) electrons. The maximum absolute atomic E-state index is 11.9. The Morgan fingerprint density at radius 1 is 1.44 bits per heavy atom. The third kappa shape index (κ3) is 2.70. The van der Waals surface area contributed by atoms with Gasteiger partial charge in [0, 0.05) is 25.4 Å². The summed E-state index contributed by atoms with van der Waals surface area (Å²) in [6.45, 7) is 3.24. The van der Waals surface area contributed by atoms with E-state index in [0.717, 1.165) is 11.3 Å². The highest BCUT2D eigenvalue weighted by Crippen LogP contribution is 2.22. The summed E-state index contributed by atoms with van der Waals surface area (Å²) in [5.74, 6) is 0.203. The van der Waals surface area contributed by atoms with Gasteiger partial charge in [-0.15, -0.1) is 0 Å². The third-order valence-corrected chi connectivity index (χ3v) is 3.39. The molecule has 2 rings (SSSR count). The Morgan fingerprint density at radius 3 is 2.78 bits per heavy atom. The SMILES string of the molecule is CC/C(=N\O)C1CC(=O)N(Cc2ccccc2)C1. The fraction of sp³-hybridized carbons (Fsp3) is 0.429. The van der Waals surface area contributed by atoms with E-state index in [1.165, 1.54) is 0 Å². The summed E-state index contributed by atoms with van der Waals surface area (Å²) in [6, 6.07) is 9.94. The molecule has 1 atom stereocenters. The number of oxime groups is 1. The van der Waals surface area contributed by atoms with Crippen LogP contribution in [0.5, 0.6) is 0 Å². The molecule has 1 aromatic rings. The number of hydrogen-bond donors (Lipinski definition) is 1. The summed E-state index contributed by atoms with van der Waals surface area (Å²) < 4.78 is 0. The average Bonchev–Trinajstić information content (AvgIpc) is 2.74. The van der Waals surface area contributed by atoms with Gasteiger partial charge in [-0.3, -0.25) is 4.79 Å². The lowest BCUT2D eigenvalue weighted by atomic mass is 10.0. The molecule has 0 bridgehead atoms. The Balaban J connectivity index is 2.02. The summed E-state index contributed by atoms with van der Waals surface area (Å²) in [4.78, 5) is 13.7. The molecule has 96 valence electrons. The number of rotatable bonds is 4. The second-order valence-electron chi connectivity index (χ2n) is 4.61. The van der Waals surface area contributed by atoms with Gasteiger partial charge in [0.15, 0.2) is 0 Å². The van der Waals surface area contributed by atoms with E-state index in [1.807, 2.05) is 42.2 Å². The molecule has 4 heteroatoms. The lowest BCUT2D eigenvalue weighted by molar-refractivity contribution is -0.128. The van der Waals surface area contributed by atoms with Crippen LogP contribution >= 0.6 is 0 Å². The molecule has 0 aromatic heterocycles. The topological polar surface area (TPSA) is 52.9 Å². The van der Waals surface area contributed by atoms with E-state index in [4.69, 9.17) is 5.21 Å². The van der Waals surface area contributed by atoms with Gasteiger partial charge in [-0.2, -0.15) is 0 Å². The molecule has 1 amide bonds. The molecule has 1 unspecified atom stereocenters. The zero-order valence-electron chi connectivity index (χ0n) is 10.5. The zero-order chi connectivity index (χ0) is 13.0. The summed E-state index contributed by atoms with van der Waals surface area (Å²) in [5, 5.41) is 12.2. The number of amides is 1. The van der Waals surface area contributed by atoms with Gasteiger partial charge in [0.05, 0.1) is 5.71 Å².